The molecule has 0 radical (unpaired) electrons. The van der Waals surface area contributed by atoms with E-state index in [1.807, 2.05) is 31.2 Å². The van der Waals surface area contributed by atoms with E-state index in [0.717, 1.165) is 11.1 Å². The molecule has 2 N–H and O–H groups in total. The number of pyridine rings is 1. The average Bonchev–Trinajstić information content (AvgIpc) is 3.25. The number of aryl methyl sites for hydroxylation is 1. The number of amides is 1. The van der Waals surface area contributed by atoms with Crippen molar-refractivity contribution < 1.29 is 19.1 Å². The number of benzene rings is 2. The van der Waals surface area contributed by atoms with E-state index >= 15 is 0 Å². The number of nitrogens with zero attached hydrogens (tertiary/aromatic N) is 2. The van der Waals surface area contributed by atoms with Gasteiger partial charge in [-0.05, 0) is 49.2 Å². The van der Waals surface area contributed by atoms with Crippen LogP contribution < -0.4 is 10.9 Å². The third kappa shape index (κ3) is 4.65. The number of ketones is 1. The number of carbonyl (C=O) groups is 2. The van der Waals surface area contributed by atoms with E-state index in [1.165, 1.54) is 40.4 Å². The predicted octanol–water partition coefficient (Wildman–Crippen LogP) is 4.05. The summed E-state index contributed by atoms with van der Waals surface area (Å²) in [5.41, 5.74) is 2.64. The Balaban J connectivity index is 1.85. The van der Waals surface area contributed by atoms with Gasteiger partial charge in [0.1, 0.15) is 24.0 Å². The minimum absolute atomic E-state index is 0.120. The lowest BCUT2D eigenvalue weighted by atomic mass is 9.95. The Hall–Kier alpha value is -4.04. The van der Waals surface area contributed by atoms with E-state index in [0.29, 0.717) is 16.6 Å². The van der Waals surface area contributed by atoms with Gasteiger partial charge in [0.15, 0.2) is 0 Å². The van der Waals surface area contributed by atoms with Crippen LogP contribution in [0, 0.1) is 12.7 Å². The zero-order chi connectivity index (χ0) is 25.3. The molecule has 35 heavy (non-hydrogen) atoms. The number of aromatic nitrogens is 2. The van der Waals surface area contributed by atoms with Crippen LogP contribution in [0.1, 0.15) is 29.4 Å². The summed E-state index contributed by atoms with van der Waals surface area (Å²) in [4.78, 5) is 39.2. The van der Waals surface area contributed by atoms with E-state index in [1.54, 1.807) is 19.2 Å². The molecule has 1 amide bonds. The molecule has 0 saturated carbocycles. The van der Waals surface area contributed by atoms with Crippen molar-refractivity contribution in [2.45, 2.75) is 32.9 Å². The quantitative estimate of drug-likeness (QED) is 0.395. The van der Waals surface area contributed by atoms with Gasteiger partial charge in [-0.15, -0.1) is 0 Å². The fraction of sp³-hybridized carbons (Fsp3) is 0.222. The monoisotopic (exact) mass is 475 g/mol. The van der Waals surface area contributed by atoms with Crippen molar-refractivity contribution in [2.24, 2.45) is 7.05 Å². The van der Waals surface area contributed by atoms with Gasteiger partial charge < -0.3 is 19.6 Å². The number of halogens is 1. The molecule has 0 aliphatic carbocycles. The van der Waals surface area contributed by atoms with Gasteiger partial charge in [-0.25, -0.2) is 4.39 Å². The van der Waals surface area contributed by atoms with Crippen LogP contribution in [0.3, 0.4) is 0 Å². The zero-order valence-corrected chi connectivity index (χ0v) is 19.7. The van der Waals surface area contributed by atoms with E-state index < -0.39 is 29.2 Å². The molecule has 2 heterocycles. The molecule has 0 saturated heterocycles. The molecule has 0 spiro atoms. The van der Waals surface area contributed by atoms with Gasteiger partial charge in [0.2, 0.25) is 11.7 Å². The van der Waals surface area contributed by atoms with Crippen LogP contribution in [0.2, 0.25) is 0 Å². The van der Waals surface area contributed by atoms with Crippen molar-refractivity contribution in [3.63, 3.8) is 0 Å². The van der Waals surface area contributed by atoms with E-state index in [-0.39, 0.29) is 24.2 Å². The number of fused-ring (bicyclic) bond motifs is 1. The lowest BCUT2D eigenvalue weighted by molar-refractivity contribution is -0.116. The molecule has 8 heteroatoms. The van der Waals surface area contributed by atoms with Gasteiger partial charge in [-0.1, -0.05) is 36.8 Å². The number of aliphatic hydroxyl groups is 1. The third-order valence-corrected chi connectivity index (χ3v) is 6.02. The Morgan fingerprint density at radius 3 is 2.34 bits per heavy atom. The summed E-state index contributed by atoms with van der Waals surface area (Å²) in [5.74, 6) is -1.34. The van der Waals surface area contributed by atoms with Crippen LogP contribution in [0.4, 0.5) is 10.1 Å². The SMILES string of the molecule is CCC(O)C(=O)c1c(-c2ccc(C)cc2)c2ccn(CC(=O)Nc3ccc(F)cc3)c2c(=O)n1C. The van der Waals surface area contributed by atoms with Crippen LogP contribution in [-0.2, 0) is 18.4 Å². The second-order valence-corrected chi connectivity index (χ2v) is 8.50. The normalized spacial score (nSPS) is 12.0. The first-order valence-electron chi connectivity index (χ1n) is 11.3. The summed E-state index contributed by atoms with van der Waals surface area (Å²) in [7, 11) is 1.49. The van der Waals surface area contributed by atoms with E-state index in [9.17, 15) is 23.9 Å². The molecule has 7 nitrogen and oxygen atoms in total. The highest BCUT2D eigenvalue weighted by molar-refractivity contribution is 6.10. The highest BCUT2D eigenvalue weighted by Crippen LogP contribution is 2.32. The van der Waals surface area contributed by atoms with Crippen LogP contribution >= 0.6 is 0 Å². The van der Waals surface area contributed by atoms with Gasteiger partial charge in [-0.2, -0.15) is 0 Å². The van der Waals surface area contributed by atoms with Gasteiger partial charge in [0.05, 0.1) is 5.69 Å². The minimum Gasteiger partial charge on any atom is -0.385 e. The van der Waals surface area contributed by atoms with Crippen LogP contribution in [-0.4, -0.2) is 32.0 Å². The molecule has 0 aliphatic rings. The number of aliphatic hydroxyl groups excluding tert-OH is 1. The van der Waals surface area contributed by atoms with Crippen molar-refractivity contribution in [1.29, 1.82) is 0 Å². The molecule has 2 aromatic heterocycles. The molecule has 1 unspecified atom stereocenters. The lowest BCUT2D eigenvalue weighted by Gasteiger charge is -2.18. The molecule has 0 fully saturated rings. The number of carbonyl (C=O) groups excluding carboxylic acids is 2. The maximum atomic E-state index is 13.4. The second kappa shape index (κ2) is 9.68. The largest absolute Gasteiger partial charge is 0.385 e. The van der Waals surface area contributed by atoms with Crippen LogP contribution in [0.25, 0.3) is 22.0 Å². The third-order valence-electron chi connectivity index (χ3n) is 6.02. The number of hydrogen-bond donors (Lipinski definition) is 2. The predicted molar refractivity (Wildman–Crippen MR) is 133 cm³/mol. The molecule has 4 aromatic rings. The van der Waals surface area contributed by atoms with Crippen molar-refractivity contribution >= 4 is 28.3 Å². The minimum atomic E-state index is -1.24. The number of nitrogens with one attached hydrogen (secondary N) is 1. The summed E-state index contributed by atoms with van der Waals surface area (Å²) in [6.45, 7) is 3.48. The smallest absolute Gasteiger partial charge is 0.275 e. The fourth-order valence-corrected chi connectivity index (χ4v) is 4.13. The topological polar surface area (TPSA) is 93.3 Å². The first-order chi connectivity index (χ1) is 16.7. The number of Topliss-reactive ketones (excluding diaryl/α,β-unsaturated/α-hetero) is 1. The molecule has 4 rings (SSSR count). The fourth-order valence-electron chi connectivity index (χ4n) is 4.13. The second-order valence-electron chi connectivity index (χ2n) is 8.50. The lowest BCUT2D eigenvalue weighted by Crippen LogP contribution is -2.31. The Kier molecular flexibility index (Phi) is 6.66. The molecule has 1 atom stereocenters. The first kappa shape index (κ1) is 24.1. The Morgan fingerprint density at radius 2 is 1.71 bits per heavy atom. The molecule has 180 valence electrons. The number of anilines is 1. The summed E-state index contributed by atoms with van der Waals surface area (Å²) >= 11 is 0. The molecule has 2 aromatic carbocycles. The summed E-state index contributed by atoms with van der Waals surface area (Å²) in [6, 6.07) is 14.6. The van der Waals surface area contributed by atoms with Crippen molar-refractivity contribution in [3.05, 3.63) is 88.2 Å². The van der Waals surface area contributed by atoms with E-state index in [2.05, 4.69) is 5.32 Å². The van der Waals surface area contributed by atoms with Gasteiger partial charge in [-0.3, -0.25) is 14.4 Å². The maximum Gasteiger partial charge on any atom is 0.275 e. The zero-order valence-electron chi connectivity index (χ0n) is 19.7. The first-order valence-corrected chi connectivity index (χ1v) is 11.3. The van der Waals surface area contributed by atoms with Gasteiger partial charge >= 0.3 is 0 Å². The molecule has 0 bridgehead atoms. The highest BCUT2D eigenvalue weighted by atomic mass is 19.1. The average molecular weight is 476 g/mol. The number of hydrogen-bond acceptors (Lipinski definition) is 4. The van der Waals surface area contributed by atoms with Crippen molar-refractivity contribution in [1.82, 2.24) is 9.13 Å². The summed E-state index contributed by atoms with van der Waals surface area (Å²) in [6.07, 6.45) is 0.590. The van der Waals surface area contributed by atoms with Crippen molar-refractivity contribution in [2.75, 3.05) is 5.32 Å². The highest BCUT2D eigenvalue weighted by Gasteiger charge is 2.27. The Bertz CT molecular complexity index is 1470. The molecular weight excluding hydrogens is 449 g/mol. The van der Waals surface area contributed by atoms with Crippen LogP contribution in [0.15, 0.2) is 65.6 Å². The van der Waals surface area contributed by atoms with Crippen LogP contribution in [0.5, 0.6) is 0 Å². The van der Waals surface area contributed by atoms with Gasteiger partial charge in [0, 0.05) is 29.9 Å². The Labute approximate surface area is 201 Å². The summed E-state index contributed by atoms with van der Waals surface area (Å²) in [5, 5.41) is 13.5. The standard InChI is InChI=1S/C27H26FN3O4/c1-4-21(32)26(34)25-23(17-7-5-16(2)6-8-17)20-13-14-31(24(20)27(35)30(25)3)15-22(33)29-19-11-9-18(28)10-12-19/h5-14,21,32H,4,15H2,1-3H3,(H,29,33). The van der Waals surface area contributed by atoms with Gasteiger partial charge in [0.25, 0.3) is 5.56 Å². The van der Waals surface area contributed by atoms with E-state index in [4.69, 9.17) is 0 Å². The Morgan fingerprint density at radius 1 is 1.06 bits per heavy atom. The molecule has 0 aliphatic heterocycles. The maximum absolute atomic E-state index is 13.4. The number of rotatable bonds is 7. The molecular formula is C27H26FN3O4. The van der Waals surface area contributed by atoms with Crippen molar-refractivity contribution in [3.8, 4) is 11.1 Å². The summed E-state index contributed by atoms with van der Waals surface area (Å²) < 4.78 is 15.9.